The molecule has 0 unspecified atom stereocenters. The Morgan fingerprint density at radius 3 is 0.873 bits per heavy atom. The van der Waals surface area contributed by atoms with Crippen LogP contribution in [0.4, 0.5) is 0 Å². The van der Waals surface area contributed by atoms with Crippen molar-refractivity contribution >= 4 is 55.4 Å². The average Bonchev–Trinajstić information content (AvgIpc) is 4.36. The average molecular weight is 1020 g/mol. The van der Waals surface area contributed by atoms with Gasteiger partial charge in [-0.1, -0.05) is 201 Å². The highest BCUT2D eigenvalue weighted by Crippen LogP contribution is 2.44. The Morgan fingerprint density at radius 1 is 0.278 bits per heavy atom. The first-order valence-corrected chi connectivity index (χ1v) is 27.7. The van der Waals surface area contributed by atoms with Crippen molar-refractivity contribution in [3.8, 4) is 78.1 Å². The topological polar surface area (TPSA) is 47.2 Å². The number of hydrogen-bond acceptors (Lipinski definition) is 2. The maximum absolute atomic E-state index is 15.1. The van der Waals surface area contributed by atoms with Crippen molar-refractivity contribution in [3.63, 3.8) is 0 Å². The molecule has 13 aromatic rings. The Balaban J connectivity index is 0.831. The van der Waals surface area contributed by atoms with E-state index in [-0.39, 0.29) is 17.9 Å². The van der Waals surface area contributed by atoms with Crippen molar-refractivity contribution in [1.82, 2.24) is 14.0 Å². The maximum Gasteiger partial charge on any atom is 0.262 e. The third-order valence-electron chi connectivity index (χ3n) is 16.8. The number of imide groups is 1. The fourth-order valence-corrected chi connectivity index (χ4v) is 13.0. The van der Waals surface area contributed by atoms with Gasteiger partial charge in [-0.15, -0.1) is 0 Å². The summed E-state index contributed by atoms with van der Waals surface area (Å²) in [5, 5.41) is 4.71. The summed E-state index contributed by atoms with van der Waals surface area (Å²) in [7, 11) is 0. The zero-order valence-corrected chi connectivity index (χ0v) is 43.5. The van der Waals surface area contributed by atoms with Crippen LogP contribution in [0.3, 0.4) is 0 Å². The number of benzene rings is 11. The zero-order chi connectivity index (χ0) is 52.6. The Kier molecular flexibility index (Phi) is 11.2. The lowest BCUT2D eigenvalue weighted by atomic mass is 9.90. The second-order valence-corrected chi connectivity index (χ2v) is 21.3. The molecule has 79 heavy (non-hydrogen) atoms. The highest BCUT2D eigenvalue weighted by atomic mass is 16.2. The van der Waals surface area contributed by atoms with E-state index in [9.17, 15) is 0 Å². The van der Waals surface area contributed by atoms with Gasteiger partial charge in [0.25, 0.3) is 11.8 Å². The molecular weight excluding hydrogens is 963 g/mol. The number of carbonyl (C=O) groups excluding carboxylic acids is 2. The third-order valence-corrected chi connectivity index (χ3v) is 16.8. The van der Waals surface area contributed by atoms with E-state index in [0.29, 0.717) is 11.1 Å². The van der Waals surface area contributed by atoms with Gasteiger partial charge in [-0.2, -0.15) is 0 Å². The summed E-state index contributed by atoms with van der Waals surface area (Å²) in [4.78, 5) is 31.8. The number of carbonyl (C=O) groups is 2. The summed E-state index contributed by atoms with van der Waals surface area (Å²) >= 11 is 0. The predicted molar refractivity (Wildman–Crippen MR) is 325 cm³/mol. The Labute approximate surface area is 458 Å². The molecule has 0 saturated heterocycles. The van der Waals surface area contributed by atoms with E-state index in [1.54, 1.807) is 4.90 Å². The van der Waals surface area contributed by atoms with Crippen molar-refractivity contribution in [2.45, 2.75) is 38.1 Å². The molecule has 1 aliphatic carbocycles. The lowest BCUT2D eigenvalue weighted by Crippen LogP contribution is -2.41. The SMILES string of the molecule is O=C1c2c(-c3ccc(-n4c5ccc(-c6ccccc6)cc5c5cc(-c6ccccc6)ccc54)cc3)ccc(-c3ccc(-n4c5ccc(-c6ccccc6)cc5c5cc(-c6ccccc6)ccc54)cc3)c2C(=O)N1C1CCCCC1. The molecule has 0 radical (unpaired) electrons. The van der Waals surface area contributed by atoms with Gasteiger partial charge < -0.3 is 9.13 Å². The monoisotopic (exact) mass is 1020 g/mol. The predicted octanol–water partition coefficient (Wildman–Crippen LogP) is 18.8. The fourth-order valence-electron chi connectivity index (χ4n) is 13.0. The van der Waals surface area contributed by atoms with Gasteiger partial charge in [0.1, 0.15) is 0 Å². The minimum absolute atomic E-state index is 0.119. The van der Waals surface area contributed by atoms with E-state index in [4.69, 9.17) is 0 Å². The van der Waals surface area contributed by atoms with Crippen molar-refractivity contribution in [2.75, 3.05) is 0 Å². The molecule has 0 bridgehead atoms. The molecule has 0 atom stereocenters. The van der Waals surface area contributed by atoms with Gasteiger partial charge in [-0.05, 0) is 152 Å². The van der Waals surface area contributed by atoms with E-state index in [1.165, 1.54) is 66.1 Å². The molecule has 11 aromatic carbocycles. The summed E-state index contributed by atoms with van der Waals surface area (Å²) in [5.41, 5.74) is 20.2. The number of nitrogens with zero attached hydrogens (tertiary/aromatic N) is 3. The van der Waals surface area contributed by atoms with Crippen molar-refractivity contribution in [3.05, 3.63) is 266 Å². The number of aromatic nitrogens is 2. The first kappa shape index (κ1) is 46.5. The molecular formula is C74H53N3O2. The van der Waals surface area contributed by atoms with E-state index in [1.807, 2.05) is 0 Å². The van der Waals surface area contributed by atoms with Crippen molar-refractivity contribution in [1.29, 1.82) is 0 Å². The molecule has 0 spiro atoms. The summed E-state index contributed by atoms with van der Waals surface area (Å²) in [6, 6.07) is 90.4. The van der Waals surface area contributed by atoms with Crippen LogP contribution < -0.4 is 0 Å². The summed E-state index contributed by atoms with van der Waals surface area (Å²) in [6.45, 7) is 0. The van der Waals surface area contributed by atoms with Gasteiger partial charge in [0.15, 0.2) is 0 Å². The van der Waals surface area contributed by atoms with Gasteiger partial charge in [-0.25, -0.2) is 0 Å². The van der Waals surface area contributed by atoms with Crippen LogP contribution in [0, 0.1) is 0 Å². The second-order valence-electron chi connectivity index (χ2n) is 21.3. The molecule has 376 valence electrons. The van der Waals surface area contributed by atoms with Gasteiger partial charge >= 0.3 is 0 Å². The molecule has 15 rings (SSSR count). The first-order chi connectivity index (χ1) is 39.0. The Bertz CT molecular complexity index is 4040. The van der Waals surface area contributed by atoms with E-state index in [0.717, 1.165) is 87.8 Å². The summed E-state index contributed by atoms with van der Waals surface area (Å²) < 4.78 is 4.69. The van der Waals surface area contributed by atoms with Crippen LogP contribution in [-0.4, -0.2) is 31.9 Å². The van der Waals surface area contributed by atoms with Crippen LogP contribution in [0.25, 0.3) is 122 Å². The number of amides is 2. The molecule has 5 nitrogen and oxygen atoms in total. The van der Waals surface area contributed by atoms with Crippen LogP contribution in [0.1, 0.15) is 52.8 Å². The Hall–Kier alpha value is -9.84. The van der Waals surface area contributed by atoms with Crippen LogP contribution >= 0.6 is 0 Å². The van der Waals surface area contributed by atoms with E-state index < -0.39 is 0 Å². The van der Waals surface area contributed by atoms with Gasteiger partial charge in [0, 0.05) is 39.0 Å². The molecule has 1 fully saturated rings. The lowest BCUT2D eigenvalue weighted by Gasteiger charge is -2.29. The van der Waals surface area contributed by atoms with Gasteiger partial charge in [0.05, 0.1) is 33.2 Å². The minimum atomic E-state index is -0.190. The summed E-state index contributed by atoms with van der Waals surface area (Å²) in [6.07, 6.45) is 4.80. The molecule has 2 aromatic heterocycles. The molecule has 1 aliphatic heterocycles. The number of hydrogen-bond donors (Lipinski definition) is 0. The van der Waals surface area contributed by atoms with Crippen molar-refractivity contribution in [2.24, 2.45) is 0 Å². The second kappa shape index (κ2) is 19.0. The first-order valence-electron chi connectivity index (χ1n) is 27.7. The highest BCUT2D eigenvalue weighted by Gasteiger charge is 2.43. The van der Waals surface area contributed by atoms with Gasteiger partial charge in [-0.3, -0.25) is 14.5 Å². The zero-order valence-electron chi connectivity index (χ0n) is 43.5. The van der Waals surface area contributed by atoms with E-state index >= 15 is 9.59 Å². The number of fused-ring (bicyclic) bond motifs is 7. The quantitative estimate of drug-likeness (QED) is 0.135. The van der Waals surface area contributed by atoms with Gasteiger partial charge in [0.2, 0.25) is 0 Å². The smallest absolute Gasteiger partial charge is 0.262 e. The molecule has 5 heteroatoms. The third kappa shape index (κ3) is 7.83. The molecule has 2 aliphatic rings. The molecule has 0 N–H and O–H groups in total. The standard InChI is InChI=1S/C74H53N3O2/c78-73-71-61(52-26-34-59(35-27-52)75-67-40-30-54(48-16-6-1-7-17-48)44-63(67)64-45-55(31-41-68(64)75)49-18-8-2-9-19-49)38-39-62(72(71)74(79)77(73)58-24-14-5-15-25-58)53-28-36-60(37-29-53)76-69-42-32-56(50-20-10-3-11-21-50)46-65(69)66-47-57(33-43-70(66)76)51-22-12-4-13-23-51/h1-4,6-13,16-23,26-47,58H,5,14-15,24-25H2. The van der Waals surface area contributed by atoms with Crippen LogP contribution in [0.15, 0.2) is 255 Å². The largest absolute Gasteiger partial charge is 0.309 e. The van der Waals surface area contributed by atoms with Crippen LogP contribution in [-0.2, 0) is 0 Å². The highest BCUT2D eigenvalue weighted by molar-refractivity contribution is 6.27. The van der Waals surface area contributed by atoms with Crippen LogP contribution in [0.2, 0.25) is 0 Å². The molecule has 1 saturated carbocycles. The van der Waals surface area contributed by atoms with Crippen LogP contribution in [0.5, 0.6) is 0 Å². The molecule has 3 heterocycles. The number of rotatable bonds is 9. The lowest BCUT2D eigenvalue weighted by molar-refractivity contribution is 0.0549. The minimum Gasteiger partial charge on any atom is -0.309 e. The van der Waals surface area contributed by atoms with Crippen molar-refractivity contribution < 1.29 is 9.59 Å². The Morgan fingerprint density at radius 2 is 0.570 bits per heavy atom. The van der Waals surface area contributed by atoms with E-state index in [2.05, 4.69) is 264 Å². The normalized spacial score (nSPS) is 13.8. The fraction of sp³-hybridized carbons (Fsp3) is 0.0811. The molecule has 2 amide bonds. The maximum atomic E-state index is 15.1. The summed E-state index contributed by atoms with van der Waals surface area (Å²) in [5.74, 6) is -0.379.